The van der Waals surface area contributed by atoms with E-state index >= 15 is 0 Å². The Morgan fingerprint density at radius 2 is 1.86 bits per heavy atom. The molecule has 74 valence electrons. The Bertz CT molecular complexity index is 354. The van der Waals surface area contributed by atoms with E-state index in [4.69, 9.17) is 14.8 Å². The molecule has 2 atom stereocenters. The maximum Gasteiger partial charge on any atom is 0.488 e. The lowest BCUT2D eigenvalue weighted by atomic mass is 9.76. The smallest absolute Gasteiger partial charge is 0.423 e. The van der Waals surface area contributed by atoms with Crippen molar-refractivity contribution in [3.63, 3.8) is 0 Å². The standard InChI is InChI=1S/C8H9BO5/c10-7-4-2-1-3-5(9(12)13)6(4)8(11)14-7/h1-3,7-8,10-13H/t7-,8-/m1/s1. The van der Waals surface area contributed by atoms with Crippen molar-refractivity contribution in [2.45, 2.75) is 12.6 Å². The number of ether oxygens (including phenoxy) is 1. The van der Waals surface area contributed by atoms with Gasteiger partial charge in [-0.25, -0.2) is 0 Å². The summed E-state index contributed by atoms with van der Waals surface area (Å²) in [6, 6.07) is 4.56. The van der Waals surface area contributed by atoms with E-state index in [-0.39, 0.29) is 11.0 Å². The monoisotopic (exact) mass is 196 g/mol. The summed E-state index contributed by atoms with van der Waals surface area (Å²) in [5.74, 6) is 0. The lowest BCUT2D eigenvalue weighted by molar-refractivity contribution is -0.193. The molecule has 1 aromatic carbocycles. The van der Waals surface area contributed by atoms with Crippen LogP contribution in [0.4, 0.5) is 0 Å². The molecule has 2 rings (SSSR count). The minimum absolute atomic E-state index is 0.145. The molecule has 0 radical (unpaired) electrons. The molecule has 1 aromatic rings. The maximum absolute atomic E-state index is 9.38. The molecule has 0 aromatic heterocycles. The molecule has 0 amide bonds. The van der Waals surface area contributed by atoms with Crippen LogP contribution in [0.5, 0.6) is 0 Å². The van der Waals surface area contributed by atoms with Gasteiger partial charge in [-0.1, -0.05) is 18.2 Å². The molecule has 5 nitrogen and oxygen atoms in total. The van der Waals surface area contributed by atoms with Crippen molar-refractivity contribution < 1.29 is 25.0 Å². The summed E-state index contributed by atoms with van der Waals surface area (Å²) in [6.45, 7) is 0. The molecule has 0 saturated carbocycles. The number of fused-ring (bicyclic) bond motifs is 1. The second kappa shape index (κ2) is 3.34. The normalized spacial score (nSPS) is 24.9. The van der Waals surface area contributed by atoms with Gasteiger partial charge in [0.05, 0.1) is 0 Å². The highest BCUT2D eigenvalue weighted by Gasteiger charge is 2.33. The highest BCUT2D eigenvalue weighted by Crippen LogP contribution is 2.34. The Morgan fingerprint density at radius 3 is 2.50 bits per heavy atom. The third kappa shape index (κ3) is 1.33. The van der Waals surface area contributed by atoms with Gasteiger partial charge in [0.2, 0.25) is 0 Å². The van der Waals surface area contributed by atoms with E-state index < -0.39 is 19.7 Å². The highest BCUT2D eigenvalue weighted by atomic mass is 16.7. The minimum atomic E-state index is -1.69. The lowest BCUT2D eigenvalue weighted by Crippen LogP contribution is -2.33. The molecule has 0 fully saturated rings. The van der Waals surface area contributed by atoms with E-state index in [0.29, 0.717) is 5.56 Å². The molecule has 1 aliphatic rings. The summed E-state index contributed by atoms with van der Waals surface area (Å²) < 4.78 is 4.71. The number of benzene rings is 1. The van der Waals surface area contributed by atoms with Gasteiger partial charge in [0, 0.05) is 11.1 Å². The van der Waals surface area contributed by atoms with Crippen LogP contribution in [-0.2, 0) is 4.74 Å². The Labute approximate surface area is 80.3 Å². The van der Waals surface area contributed by atoms with Crippen LogP contribution in [0.1, 0.15) is 23.7 Å². The van der Waals surface area contributed by atoms with E-state index in [1.807, 2.05) is 0 Å². The van der Waals surface area contributed by atoms with Crippen molar-refractivity contribution in [1.29, 1.82) is 0 Å². The fraction of sp³-hybridized carbons (Fsp3) is 0.250. The van der Waals surface area contributed by atoms with Crippen molar-refractivity contribution in [3.05, 3.63) is 29.3 Å². The SMILES string of the molecule is OB(O)c1cccc2c1[C@H](O)O[C@H]2O. The predicted molar refractivity (Wildman–Crippen MR) is 47.3 cm³/mol. The van der Waals surface area contributed by atoms with Crippen LogP contribution < -0.4 is 5.46 Å². The first-order valence-corrected chi connectivity index (χ1v) is 4.11. The molecule has 6 heteroatoms. The Hall–Kier alpha value is -0.915. The first kappa shape index (κ1) is 9.63. The minimum Gasteiger partial charge on any atom is -0.423 e. The Balaban J connectivity index is 2.56. The molecule has 0 spiro atoms. The predicted octanol–water partition coefficient (Wildman–Crippen LogP) is -1.62. The van der Waals surface area contributed by atoms with E-state index in [0.717, 1.165) is 0 Å². The van der Waals surface area contributed by atoms with Gasteiger partial charge in [0.1, 0.15) is 0 Å². The topological polar surface area (TPSA) is 90.2 Å². The van der Waals surface area contributed by atoms with Crippen LogP contribution in [-0.4, -0.2) is 27.4 Å². The second-order valence-electron chi connectivity index (χ2n) is 3.06. The molecular weight excluding hydrogens is 187 g/mol. The van der Waals surface area contributed by atoms with Gasteiger partial charge in [0.25, 0.3) is 0 Å². The zero-order valence-corrected chi connectivity index (χ0v) is 7.16. The number of rotatable bonds is 1. The third-order valence-electron chi connectivity index (χ3n) is 2.22. The average Bonchev–Trinajstić information content (AvgIpc) is 2.43. The van der Waals surface area contributed by atoms with Crippen molar-refractivity contribution in [1.82, 2.24) is 0 Å². The first-order valence-electron chi connectivity index (χ1n) is 4.11. The molecular formula is C8H9BO5. The number of hydrogen-bond donors (Lipinski definition) is 4. The van der Waals surface area contributed by atoms with Crippen molar-refractivity contribution >= 4 is 12.6 Å². The van der Waals surface area contributed by atoms with Crippen LogP contribution in [0.15, 0.2) is 18.2 Å². The van der Waals surface area contributed by atoms with Crippen molar-refractivity contribution in [3.8, 4) is 0 Å². The average molecular weight is 196 g/mol. The fourth-order valence-electron chi connectivity index (χ4n) is 1.59. The van der Waals surface area contributed by atoms with Gasteiger partial charge in [-0.2, -0.15) is 0 Å². The molecule has 4 N–H and O–H groups in total. The molecule has 14 heavy (non-hydrogen) atoms. The van der Waals surface area contributed by atoms with Crippen molar-refractivity contribution in [2.24, 2.45) is 0 Å². The third-order valence-corrected chi connectivity index (χ3v) is 2.22. The number of hydrogen-bond acceptors (Lipinski definition) is 5. The molecule has 0 bridgehead atoms. The zero-order valence-electron chi connectivity index (χ0n) is 7.16. The quantitative estimate of drug-likeness (QED) is 0.405. The van der Waals surface area contributed by atoms with E-state index in [1.54, 1.807) is 12.1 Å². The van der Waals surface area contributed by atoms with Crippen LogP contribution >= 0.6 is 0 Å². The van der Waals surface area contributed by atoms with Crippen LogP contribution in [0.2, 0.25) is 0 Å². The number of aliphatic hydroxyl groups excluding tert-OH is 2. The number of aliphatic hydroxyl groups is 2. The van der Waals surface area contributed by atoms with Gasteiger partial charge >= 0.3 is 7.12 Å². The largest absolute Gasteiger partial charge is 0.488 e. The van der Waals surface area contributed by atoms with Crippen LogP contribution in [0.3, 0.4) is 0 Å². The van der Waals surface area contributed by atoms with Gasteiger partial charge in [-0.15, -0.1) is 0 Å². The summed E-state index contributed by atoms with van der Waals surface area (Å²) in [6.07, 6.45) is -2.52. The summed E-state index contributed by atoms with van der Waals surface area (Å²) in [5, 5.41) is 36.7. The second-order valence-corrected chi connectivity index (χ2v) is 3.06. The van der Waals surface area contributed by atoms with Gasteiger partial charge in [-0.05, 0) is 5.46 Å². The zero-order chi connectivity index (χ0) is 10.3. The molecule has 0 unspecified atom stereocenters. The van der Waals surface area contributed by atoms with E-state index in [2.05, 4.69) is 0 Å². The summed E-state index contributed by atoms with van der Waals surface area (Å²) in [5.41, 5.74) is 0.740. The van der Waals surface area contributed by atoms with Crippen LogP contribution in [0.25, 0.3) is 0 Å². The molecule has 0 saturated heterocycles. The summed E-state index contributed by atoms with van der Waals surface area (Å²) >= 11 is 0. The Kier molecular flexibility index (Phi) is 2.30. The van der Waals surface area contributed by atoms with Crippen molar-refractivity contribution in [2.75, 3.05) is 0 Å². The maximum atomic E-state index is 9.38. The molecule has 1 heterocycles. The first-order chi connectivity index (χ1) is 6.61. The van der Waals surface area contributed by atoms with Gasteiger partial charge in [-0.3, -0.25) is 0 Å². The molecule has 1 aliphatic heterocycles. The lowest BCUT2D eigenvalue weighted by Gasteiger charge is -2.08. The Morgan fingerprint density at radius 1 is 1.14 bits per heavy atom. The van der Waals surface area contributed by atoms with Crippen LogP contribution in [0, 0.1) is 0 Å². The fourth-order valence-corrected chi connectivity index (χ4v) is 1.59. The highest BCUT2D eigenvalue weighted by molar-refractivity contribution is 6.59. The van der Waals surface area contributed by atoms with E-state index in [9.17, 15) is 10.2 Å². The van der Waals surface area contributed by atoms with E-state index in [1.165, 1.54) is 6.07 Å². The summed E-state index contributed by atoms with van der Waals surface area (Å²) in [4.78, 5) is 0. The van der Waals surface area contributed by atoms with Gasteiger partial charge < -0.3 is 25.0 Å². The summed E-state index contributed by atoms with van der Waals surface area (Å²) in [7, 11) is -1.69. The molecule has 0 aliphatic carbocycles. The van der Waals surface area contributed by atoms with Gasteiger partial charge in [0.15, 0.2) is 12.6 Å².